The molecule has 2 unspecified atom stereocenters. The van der Waals surface area contributed by atoms with Gasteiger partial charge in [0.05, 0.1) is 6.17 Å². The lowest BCUT2D eigenvalue weighted by molar-refractivity contribution is 0.231. The standard InChI is InChI=1S/C11H22N4O/c16-11(15-10-5-3-7-13-10)14-9-4-1-2-6-12-8-9/h9-10,12-13H,1-8H2,(H2,14,15,16). The van der Waals surface area contributed by atoms with Crippen molar-refractivity contribution in [3.05, 3.63) is 0 Å². The van der Waals surface area contributed by atoms with E-state index < -0.39 is 0 Å². The van der Waals surface area contributed by atoms with Crippen LogP contribution >= 0.6 is 0 Å². The topological polar surface area (TPSA) is 65.2 Å². The van der Waals surface area contributed by atoms with Crippen LogP contribution in [0.5, 0.6) is 0 Å². The van der Waals surface area contributed by atoms with Gasteiger partial charge >= 0.3 is 6.03 Å². The molecular formula is C11H22N4O. The average Bonchev–Trinajstić information content (AvgIpc) is 2.62. The number of amides is 2. The van der Waals surface area contributed by atoms with Crippen LogP contribution in [0.25, 0.3) is 0 Å². The van der Waals surface area contributed by atoms with E-state index in [0.29, 0.717) is 0 Å². The maximum Gasteiger partial charge on any atom is 0.316 e. The summed E-state index contributed by atoms with van der Waals surface area (Å²) in [6, 6.07) is 0.247. The van der Waals surface area contributed by atoms with Gasteiger partial charge in [-0.3, -0.25) is 5.32 Å². The molecule has 0 aromatic carbocycles. The highest BCUT2D eigenvalue weighted by Crippen LogP contribution is 2.04. The Morgan fingerprint density at radius 2 is 2.00 bits per heavy atom. The van der Waals surface area contributed by atoms with Gasteiger partial charge in [0.25, 0.3) is 0 Å². The zero-order valence-corrected chi connectivity index (χ0v) is 9.72. The van der Waals surface area contributed by atoms with Crippen LogP contribution < -0.4 is 21.3 Å². The number of hydrogen-bond donors (Lipinski definition) is 4. The molecule has 2 aliphatic heterocycles. The number of hydrogen-bond acceptors (Lipinski definition) is 3. The molecule has 0 aromatic rings. The van der Waals surface area contributed by atoms with Crippen molar-refractivity contribution in [3.63, 3.8) is 0 Å². The Kier molecular flexibility index (Phi) is 4.42. The van der Waals surface area contributed by atoms with E-state index in [4.69, 9.17) is 0 Å². The number of rotatable bonds is 2. The summed E-state index contributed by atoms with van der Waals surface area (Å²) in [6.45, 7) is 2.98. The summed E-state index contributed by atoms with van der Waals surface area (Å²) < 4.78 is 0. The fourth-order valence-electron chi connectivity index (χ4n) is 2.34. The highest BCUT2D eigenvalue weighted by molar-refractivity contribution is 5.74. The first-order valence-electron chi connectivity index (χ1n) is 6.36. The van der Waals surface area contributed by atoms with Gasteiger partial charge in [-0.1, -0.05) is 6.42 Å². The molecule has 0 saturated carbocycles. The number of carbonyl (C=O) groups excluding carboxylic acids is 1. The molecule has 5 nitrogen and oxygen atoms in total. The summed E-state index contributed by atoms with van der Waals surface area (Å²) in [5, 5.41) is 12.6. The van der Waals surface area contributed by atoms with E-state index in [-0.39, 0.29) is 18.2 Å². The van der Waals surface area contributed by atoms with Gasteiger partial charge in [0.1, 0.15) is 0 Å². The van der Waals surface area contributed by atoms with Gasteiger partial charge < -0.3 is 16.0 Å². The number of carbonyl (C=O) groups is 1. The number of nitrogens with one attached hydrogen (secondary N) is 4. The molecule has 0 spiro atoms. The molecule has 2 saturated heterocycles. The third kappa shape index (κ3) is 3.64. The zero-order chi connectivity index (χ0) is 11.2. The summed E-state index contributed by atoms with van der Waals surface area (Å²) in [4.78, 5) is 11.7. The van der Waals surface area contributed by atoms with E-state index in [9.17, 15) is 4.79 Å². The summed E-state index contributed by atoms with van der Waals surface area (Å²) in [5.41, 5.74) is 0. The van der Waals surface area contributed by atoms with Crippen molar-refractivity contribution in [1.82, 2.24) is 21.3 Å². The summed E-state index contributed by atoms with van der Waals surface area (Å²) >= 11 is 0. The van der Waals surface area contributed by atoms with Gasteiger partial charge in [-0.05, 0) is 38.8 Å². The third-order valence-electron chi connectivity index (χ3n) is 3.25. The molecule has 0 radical (unpaired) electrons. The van der Waals surface area contributed by atoms with Crippen LogP contribution in [0.2, 0.25) is 0 Å². The minimum absolute atomic E-state index is 0.0342. The van der Waals surface area contributed by atoms with Crippen LogP contribution in [0, 0.1) is 0 Å². The van der Waals surface area contributed by atoms with E-state index in [2.05, 4.69) is 21.3 Å². The summed E-state index contributed by atoms with van der Waals surface area (Å²) in [5.74, 6) is 0. The molecule has 0 aromatic heterocycles. The quantitative estimate of drug-likeness (QED) is 0.541. The highest BCUT2D eigenvalue weighted by Gasteiger charge is 2.18. The molecule has 4 N–H and O–H groups in total. The molecular weight excluding hydrogens is 204 g/mol. The Bertz CT molecular complexity index is 220. The molecule has 0 bridgehead atoms. The molecule has 16 heavy (non-hydrogen) atoms. The fraction of sp³-hybridized carbons (Fsp3) is 0.909. The van der Waals surface area contributed by atoms with Crippen molar-refractivity contribution >= 4 is 6.03 Å². The SMILES string of the molecule is O=C(NC1CCCCNC1)NC1CCCN1. The van der Waals surface area contributed by atoms with Crippen LogP contribution in [0.4, 0.5) is 4.79 Å². The molecule has 92 valence electrons. The van der Waals surface area contributed by atoms with Gasteiger partial charge in [0, 0.05) is 12.6 Å². The second-order valence-corrected chi connectivity index (χ2v) is 4.66. The molecule has 0 aliphatic carbocycles. The predicted octanol–water partition coefficient (Wildman–Crippen LogP) is 0.137. The van der Waals surface area contributed by atoms with Crippen molar-refractivity contribution < 1.29 is 4.79 Å². The van der Waals surface area contributed by atoms with E-state index in [1.807, 2.05) is 0 Å². The van der Waals surface area contributed by atoms with Gasteiger partial charge in [0.2, 0.25) is 0 Å². The first-order chi connectivity index (χ1) is 7.84. The van der Waals surface area contributed by atoms with Crippen LogP contribution in [0.3, 0.4) is 0 Å². The lowest BCUT2D eigenvalue weighted by Gasteiger charge is -2.19. The maximum atomic E-state index is 11.7. The molecule has 2 amide bonds. The summed E-state index contributed by atoms with van der Waals surface area (Å²) in [6.07, 6.45) is 5.84. The second kappa shape index (κ2) is 6.06. The summed E-state index contributed by atoms with van der Waals surface area (Å²) in [7, 11) is 0. The molecule has 5 heteroatoms. The molecule has 2 atom stereocenters. The first kappa shape index (κ1) is 11.7. The van der Waals surface area contributed by atoms with Gasteiger partial charge in [-0.25, -0.2) is 4.79 Å². The van der Waals surface area contributed by atoms with Crippen LogP contribution in [0.1, 0.15) is 32.1 Å². The number of urea groups is 1. The third-order valence-corrected chi connectivity index (χ3v) is 3.25. The van der Waals surface area contributed by atoms with E-state index in [0.717, 1.165) is 38.9 Å². The average molecular weight is 226 g/mol. The van der Waals surface area contributed by atoms with Crippen LogP contribution in [0.15, 0.2) is 0 Å². The van der Waals surface area contributed by atoms with Crippen LogP contribution in [-0.2, 0) is 0 Å². The van der Waals surface area contributed by atoms with E-state index in [1.165, 1.54) is 12.8 Å². The van der Waals surface area contributed by atoms with Crippen molar-refractivity contribution in [2.24, 2.45) is 0 Å². The van der Waals surface area contributed by atoms with Gasteiger partial charge in [-0.15, -0.1) is 0 Å². The Labute approximate surface area is 96.7 Å². The Balaban J connectivity index is 1.68. The van der Waals surface area contributed by atoms with Crippen molar-refractivity contribution in [1.29, 1.82) is 0 Å². The zero-order valence-electron chi connectivity index (χ0n) is 9.72. The van der Waals surface area contributed by atoms with Crippen molar-refractivity contribution in [2.45, 2.75) is 44.3 Å². The lowest BCUT2D eigenvalue weighted by atomic mass is 10.1. The predicted molar refractivity (Wildman–Crippen MR) is 63.2 cm³/mol. The lowest BCUT2D eigenvalue weighted by Crippen LogP contribution is -2.51. The first-order valence-corrected chi connectivity index (χ1v) is 6.36. The van der Waals surface area contributed by atoms with E-state index >= 15 is 0 Å². The van der Waals surface area contributed by atoms with Crippen molar-refractivity contribution in [2.75, 3.05) is 19.6 Å². The van der Waals surface area contributed by atoms with Gasteiger partial charge in [-0.2, -0.15) is 0 Å². The van der Waals surface area contributed by atoms with E-state index in [1.54, 1.807) is 0 Å². The van der Waals surface area contributed by atoms with Crippen molar-refractivity contribution in [3.8, 4) is 0 Å². The minimum Gasteiger partial charge on any atom is -0.334 e. The smallest absolute Gasteiger partial charge is 0.316 e. The Morgan fingerprint density at radius 1 is 1.06 bits per heavy atom. The Morgan fingerprint density at radius 3 is 2.81 bits per heavy atom. The van der Waals surface area contributed by atoms with Gasteiger partial charge in [0.15, 0.2) is 0 Å². The molecule has 2 rings (SSSR count). The maximum absolute atomic E-state index is 11.7. The fourth-order valence-corrected chi connectivity index (χ4v) is 2.34. The minimum atomic E-state index is -0.0342. The second-order valence-electron chi connectivity index (χ2n) is 4.66. The molecule has 2 aliphatic rings. The highest BCUT2D eigenvalue weighted by atomic mass is 16.2. The largest absolute Gasteiger partial charge is 0.334 e. The normalized spacial score (nSPS) is 30.8. The monoisotopic (exact) mass is 226 g/mol. The molecule has 2 heterocycles. The van der Waals surface area contributed by atoms with Crippen LogP contribution in [-0.4, -0.2) is 37.9 Å². The Hall–Kier alpha value is -0.810. The molecule has 2 fully saturated rings.